The minimum atomic E-state index is 0.363. The molecule has 0 N–H and O–H groups in total. The van der Waals surface area contributed by atoms with Gasteiger partial charge in [0.2, 0.25) is 0 Å². The highest BCUT2D eigenvalue weighted by molar-refractivity contribution is 5.06. The molecule has 0 aromatic rings. The lowest BCUT2D eigenvalue weighted by atomic mass is 9.70. The first-order valence-electron chi connectivity index (χ1n) is 7.90. The van der Waals surface area contributed by atoms with E-state index in [1.54, 1.807) is 0 Å². The molecular formula is C16H24O2. The number of hydrogen-bond donors (Lipinski definition) is 0. The van der Waals surface area contributed by atoms with Crippen molar-refractivity contribution >= 4 is 0 Å². The summed E-state index contributed by atoms with van der Waals surface area (Å²) in [5.74, 6) is 1.67. The lowest BCUT2D eigenvalue weighted by Gasteiger charge is -2.35. The van der Waals surface area contributed by atoms with E-state index in [-0.39, 0.29) is 0 Å². The minimum Gasteiger partial charge on any atom is -0.495 e. The Morgan fingerprint density at radius 2 is 1.78 bits per heavy atom. The number of rotatable bonds is 2. The second-order valence-electron chi connectivity index (χ2n) is 6.64. The standard InChI is InChI=1S/C16H24O2/c1-2-6-11(5-1)10-17-15-9-14-12-7-3-4-8-13(12)16(15)18-14/h10,12-16H,1-9H2. The SMILES string of the molecule is C(OC1CC2OC1C1CCCCC21)=C1CCCC1. The van der Waals surface area contributed by atoms with Crippen molar-refractivity contribution < 1.29 is 9.47 Å². The van der Waals surface area contributed by atoms with E-state index in [0.29, 0.717) is 18.3 Å². The number of fused-ring (bicyclic) bond motifs is 5. The molecule has 2 aliphatic carbocycles. The first-order valence-corrected chi connectivity index (χ1v) is 7.90. The molecule has 2 nitrogen and oxygen atoms in total. The summed E-state index contributed by atoms with van der Waals surface area (Å²) >= 11 is 0. The molecule has 2 saturated heterocycles. The maximum Gasteiger partial charge on any atom is 0.127 e. The second kappa shape index (κ2) is 4.56. The predicted octanol–water partition coefficient (Wildman–Crippen LogP) is 3.81. The lowest BCUT2D eigenvalue weighted by Crippen LogP contribution is -2.38. The van der Waals surface area contributed by atoms with E-state index in [4.69, 9.17) is 9.47 Å². The van der Waals surface area contributed by atoms with Crippen molar-refractivity contribution in [2.24, 2.45) is 11.8 Å². The maximum absolute atomic E-state index is 6.19. The fraction of sp³-hybridized carbons (Fsp3) is 0.875. The fourth-order valence-electron chi connectivity index (χ4n) is 4.68. The predicted molar refractivity (Wildman–Crippen MR) is 70.2 cm³/mol. The van der Waals surface area contributed by atoms with E-state index < -0.39 is 0 Å². The van der Waals surface area contributed by atoms with Gasteiger partial charge in [-0.15, -0.1) is 0 Å². The molecule has 0 spiro atoms. The van der Waals surface area contributed by atoms with E-state index in [1.165, 1.54) is 56.9 Å². The van der Waals surface area contributed by atoms with Crippen LogP contribution in [-0.2, 0) is 9.47 Å². The maximum atomic E-state index is 6.19. The third kappa shape index (κ3) is 1.80. The molecular weight excluding hydrogens is 224 g/mol. The minimum absolute atomic E-state index is 0.363. The highest BCUT2D eigenvalue weighted by atomic mass is 16.6. The Bertz CT molecular complexity index is 341. The summed E-state index contributed by atoms with van der Waals surface area (Å²) in [6, 6.07) is 0. The van der Waals surface area contributed by atoms with Crippen LogP contribution in [0.3, 0.4) is 0 Å². The summed E-state index contributed by atoms with van der Waals surface area (Å²) < 4.78 is 12.3. The van der Waals surface area contributed by atoms with Crippen LogP contribution in [0.1, 0.15) is 57.8 Å². The average molecular weight is 248 g/mol. The molecule has 4 aliphatic rings. The molecule has 0 aromatic carbocycles. The van der Waals surface area contributed by atoms with Gasteiger partial charge in [0.1, 0.15) is 6.10 Å². The lowest BCUT2D eigenvalue weighted by molar-refractivity contribution is 0.0181. The molecule has 0 radical (unpaired) electrons. The van der Waals surface area contributed by atoms with Crippen LogP contribution in [0.15, 0.2) is 11.8 Å². The Balaban J connectivity index is 1.41. The molecule has 2 aliphatic heterocycles. The third-order valence-corrected chi connectivity index (χ3v) is 5.59. The Morgan fingerprint density at radius 1 is 1.00 bits per heavy atom. The zero-order valence-electron chi connectivity index (χ0n) is 11.1. The van der Waals surface area contributed by atoms with Crippen LogP contribution in [-0.4, -0.2) is 18.3 Å². The molecule has 2 saturated carbocycles. The molecule has 4 rings (SSSR count). The summed E-state index contributed by atoms with van der Waals surface area (Å²) in [6.45, 7) is 0. The quantitative estimate of drug-likeness (QED) is 0.692. The Kier molecular flexibility index (Phi) is 2.87. The Morgan fingerprint density at radius 3 is 2.61 bits per heavy atom. The van der Waals surface area contributed by atoms with Gasteiger partial charge in [-0.05, 0) is 55.9 Å². The molecule has 0 aromatic heterocycles. The van der Waals surface area contributed by atoms with Crippen LogP contribution in [0, 0.1) is 11.8 Å². The third-order valence-electron chi connectivity index (χ3n) is 5.59. The van der Waals surface area contributed by atoms with Crippen LogP contribution < -0.4 is 0 Å². The van der Waals surface area contributed by atoms with Crippen molar-refractivity contribution in [1.82, 2.24) is 0 Å². The van der Waals surface area contributed by atoms with Gasteiger partial charge in [-0.2, -0.15) is 0 Å². The van der Waals surface area contributed by atoms with Gasteiger partial charge in [0.05, 0.1) is 18.5 Å². The topological polar surface area (TPSA) is 18.5 Å². The number of ether oxygens (including phenoxy) is 2. The molecule has 2 heteroatoms. The van der Waals surface area contributed by atoms with Crippen molar-refractivity contribution in [2.75, 3.05) is 0 Å². The molecule has 2 bridgehead atoms. The van der Waals surface area contributed by atoms with Crippen molar-refractivity contribution in [3.63, 3.8) is 0 Å². The zero-order chi connectivity index (χ0) is 11.9. The van der Waals surface area contributed by atoms with Gasteiger partial charge in [-0.25, -0.2) is 0 Å². The van der Waals surface area contributed by atoms with E-state index >= 15 is 0 Å². The fourth-order valence-corrected chi connectivity index (χ4v) is 4.68. The molecule has 0 amide bonds. The second-order valence-corrected chi connectivity index (χ2v) is 6.64. The first-order chi connectivity index (χ1) is 8.92. The smallest absolute Gasteiger partial charge is 0.127 e. The molecule has 4 fully saturated rings. The molecule has 100 valence electrons. The summed E-state index contributed by atoms with van der Waals surface area (Å²) in [5.41, 5.74) is 1.53. The summed E-state index contributed by atoms with van der Waals surface area (Å²) in [7, 11) is 0. The van der Waals surface area contributed by atoms with Gasteiger partial charge in [-0.3, -0.25) is 0 Å². The summed E-state index contributed by atoms with van der Waals surface area (Å²) in [4.78, 5) is 0. The molecule has 5 atom stereocenters. The number of allylic oxidation sites excluding steroid dienone is 1. The van der Waals surface area contributed by atoms with E-state index in [9.17, 15) is 0 Å². The van der Waals surface area contributed by atoms with E-state index in [0.717, 1.165) is 18.3 Å². The highest BCUT2D eigenvalue weighted by Gasteiger charge is 2.55. The number of hydrogen-bond acceptors (Lipinski definition) is 2. The van der Waals surface area contributed by atoms with Crippen LogP contribution >= 0.6 is 0 Å². The van der Waals surface area contributed by atoms with Crippen LogP contribution in [0.2, 0.25) is 0 Å². The Hall–Kier alpha value is -0.500. The van der Waals surface area contributed by atoms with Crippen LogP contribution in [0.25, 0.3) is 0 Å². The Labute approximate surface area is 110 Å². The summed E-state index contributed by atoms with van der Waals surface area (Å²) in [5, 5.41) is 0. The van der Waals surface area contributed by atoms with Gasteiger partial charge in [-0.1, -0.05) is 12.8 Å². The van der Waals surface area contributed by atoms with Crippen molar-refractivity contribution in [1.29, 1.82) is 0 Å². The van der Waals surface area contributed by atoms with Gasteiger partial charge in [0, 0.05) is 6.42 Å². The van der Waals surface area contributed by atoms with Gasteiger partial charge in [0.15, 0.2) is 0 Å². The van der Waals surface area contributed by atoms with Crippen molar-refractivity contribution in [3.8, 4) is 0 Å². The first kappa shape index (κ1) is 11.3. The largest absolute Gasteiger partial charge is 0.495 e. The zero-order valence-corrected chi connectivity index (χ0v) is 11.1. The normalized spacial score (nSPS) is 46.2. The van der Waals surface area contributed by atoms with Gasteiger partial charge in [0.25, 0.3) is 0 Å². The van der Waals surface area contributed by atoms with Gasteiger partial charge >= 0.3 is 0 Å². The van der Waals surface area contributed by atoms with Crippen LogP contribution in [0.5, 0.6) is 0 Å². The monoisotopic (exact) mass is 248 g/mol. The van der Waals surface area contributed by atoms with E-state index in [1.807, 2.05) is 0 Å². The molecule has 2 heterocycles. The average Bonchev–Trinajstić information content (AvgIpc) is 3.12. The van der Waals surface area contributed by atoms with Crippen molar-refractivity contribution in [3.05, 3.63) is 11.8 Å². The van der Waals surface area contributed by atoms with Gasteiger partial charge < -0.3 is 9.47 Å². The summed E-state index contributed by atoms with van der Waals surface area (Å²) in [6.07, 6.45) is 15.4. The molecule has 18 heavy (non-hydrogen) atoms. The molecule has 5 unspecified atom stereocenters. The van der Waals surface area contributed by atoms with Crippen LogP contribution in [0.4, 0.5) is 0 Å². The van der Waals surface area contributed by atoms with E-state index in [2.05, 4.69) is 6.26 Å². The highest BCUT2D eigenvalue weighted by Crippen LogP contribution is 2.51. The van der Waals surface area contributed by atoms with Crippen molar-refractivity contribution in [2.45, 2.75) is 76.1 Å².